The molecule has 0 amide bonds. The van der Waals surface area contributed by atoms with Crippen LogP contribution in [0.3, 0.4) is 0 Å². The van der Waals surface area contributed by atoms with E-state index in [2.05, 4.69) is 9.53 Å². The van der Waals surface area contributed by atoms with Crippen LogP contribution in [0.25, 0.3) is 5.53 Å². The van der Waals surface area contributed by atoms with Crippen LogP contribution in [0.2, 0.25) is 0 Å². The molecule has 0 saturated carbocycles. The summed E-state index contributed by atoms with van der Waals surface area (Å²) in [4.78, 5) is 25.4. The van der Waals surface area contributed by atoms with E-state index in [-0.39, 0.29) is 6.61 Å². The monoisotopic (exact) mass is 248 g/mol. The van der Waals surface area contributed by atoms with Crippen molar-refractivity contribution in [3.8, 4) is 5.75 Å². The highest BCUT2D eigenvalue weighted by Crippen LogP contribution is 2.07. The highest BCUT2D eigenvalue weighted by molar-refractivity contribution is 6.62. The summed E-state index contributed by atoms with van der Waals surface area (Å²) < 4.78 is 9.69. The van der Waals surface area contributed by atoms with Crippen LogP contribution in [0.15, 0.2) is 30.3 Å². The van der Waals surface area contributed by atoms with E-state index in [9.17, 15) is 9.59 Å². The van der Waals surface area contributed by atoms with E-state index in [0.29, 0.717) is 5.75 Å². The summed E-state index contributed by atoms with van der Waals surface area (Å²) in [6.45, 7) is 1.27. The Morgan fingerprint density at radius 1 is 1.28 bits per heavy atom. The van der Waals surface area contributed by atoms with Crippen LogP contribution in [-0.4, -0.2) is 35.5 Å². The molecule has 0 unspecified atom stereocenters. The first-order valence-corrected chi connectivity index (χ1v) is 5.29. The van der Waals surface area contributed by atoms with Gasteiger partial charge in [-0.05, 0) is 19.1 Å². The number of para-hydroxylation sites is 1. The molecule has 94 valence electrons. The number of esters is 1. The van der Waals surface area contributed by atoms with E-state index in [0.717, 1.165) is 0 Å². The molecule has 0 aliphatic rings. The van der Waals surface area contributed by atoms with E-state index in [1.165, 1.54) is 0 Å². The molecular weight excluding hydrogens is 236 g/mol. The number of carbonyl (C=O) groups excluding carboxylic acids is 2. The van der Waals surface area contributed by atoms with Gasteiger partial charge in [0.15, 0.2) is 6.61 Å². The molecule has 1 aromatic carbocycles. The van der Waals surface area contributed by atoms with Gasteiger partial charge in [0.1, 0.15) is 5.75 Å². The summed E-state index contributed by atoms with van der Waals surface area (Å²) in [6, 6.07) is 8.60. The van der Waals surface area contributed by atoms with Crippen molar-refractivity contribution < 1.29 is 23.9 Å². The largest absolute Gasteiger partial charge is 0.485 e. The van der Waals surface area contributed by atoms with Crippen LogP contribution >= 0.6 is 0 Å². The number of hydrogen-bond donors (Lipinski definition) is 0. The normalized spacial score (nSPS) is 9.17. The van der Waals surface area contributed by atoms with Gasteiger partial charge in [0, 0.05) is 0 Å². The van der Waals surface area contributed by atoms with E-state index in [1.807, 2.05) is 0 Å². The van der Waals surface area contributed by atoms with Gasteiger partial charge in [-0.15, -0.1) is 0 Å². The lowest BCUT2D eigenvalue weighted by Crippen LogP contribution is -2.31. The van der Waals surface area contributed by atoms with Crippen molar-refractivity contribution in [2.45, 2.75) is 6.92 Å². The van der Waals surface area contributed by atoms with Crippen molar-refractivity contribution in [2.75, 3.05) is 13.2 Å². The molecule has 0 spiro atoms. The third-order valence-electron chi connectivity index (χ3n) is 1.95. The maximum absolute atomic E-state index is 11.5. The molecule has 0 radical (unpaired) electrons. The fourth-order valence-corrected chi connectivity index (χ4v) is 1.14. The number of benzene rings is 1. The Bertz CT molecular complexity index is 478. The Morgan fingerprint density at radius 3 is 2.50 bits per heavy atom. The number of hydrogen-bond acceptors (Lipinski definition) is 4. The second-order valence-corrected chi connectivity index (χ2v) is 3.19. The van der Waals surface area contributed by atoms with E-state index < -0.39 is 24.1 Å². The van der Waals surface area contributed by atoms with Gasteiger partial charge in [-0.1, -0.05) is 18.2 Å². The highest BCUT2D eigenvalue weighted by Gasteiger charge is 2.31. The number of Topliss-reactive ketones (excluding diaryl/α,β-unsaturated/α-hetero) is 1. The molecule has 0 bridgehead atoms. The first-order chi connectivity index (χ1) is 8.69. The first kappa shape index (κ1) is 13.6. The molecule has 0 heterocycles. The van der Waals surface area contributed by atoms with Gasteiger partial charge >= 0.3 is 11.7 Å². The van der Waals surface area contributed by atoms with Crippen LogP contribution in [0, 0.1) is 0 Å². The van der Waals surface area contributed by atoms with Crippen LogP contribution in [0.5, 0.6) is 5.75 Å². The van der Waals surface area contributed by atoms with Crippen molar-refractivity contribution in [1.82, 2.24) is 0 Å². The van der Waals surface area contributed by atoms with Gasteiger partial charge in [0.2, 0.25) is 0 Å². The third kappa shape index (κ3) is 3.84. The number of ether oxygens (including phenoxy) is 2. The molecule has 6 nitrogen and oxygen atoms in total. The highest BCUT2D eigenvalue weighted by atomic mass is 16.5. The lowest BCUT2D eigenvalue weighted by atomic mass is 10.2. The topological polar surface area (TPSA) is 89.0 Å². The van der Waals surface area contributed by atoms with Crippen molar-refractivity contribution >= 4 is 17.5 Å². The minimum atomic E-state index is -0.971. The molecule has 0 aromatic heterocycles. The van der Waals surface area contributed by atoms with Crippen molar-refractivity contribution in [3.05, 3.63) is 35.9 Å². The number of ketones is 1. The summed E-state index contributed by atoms with van der Waals surface area (Å²) in [5.41, 5.74) is 7.93. The zero-order valence-corrected chi connectivity index (χ0v) is 9.83. The molecule has 0 N–H and O–H groups in total. The third-order valence-corrected chi connectivity index (χ3v) is 1.95. The lowest BCUT2D eigenvalue weighted by molar-refractivity contribution is -0.142. The zero-order valence-electron chi connectivity index (χ0n) is 9.83. The predicted octanol–water partition coefficient (Wildman–Crippen LogP) is 0.868. The quantitative estimate of drug-likeness (QED) is 0.245. The Morgan fingerprint density at radius 2 is 1.94 bits per heavy atom. The van der Waals surface area contributed by atoms with Gasteiger partial charge in [0.25, 0.3) is 5.78 Å². The van der Waals surface area contributed by atoms with Crippen molar-refractivity contribution in [2.24, 2.45) is 0 Å². The van der Waals surface area contributed by atoms with Gasteiger partial charge in [-0.25, -0.2) is 4.79 Å². The fourth-order valence-electron chi connectivity index (χ4n) is 1.14. The van der Waals surface area contributed by atoms with E-state index in [1.54, 1.807) is 37.3 Å². The Balaban J connectivity index is 2.59. The van der Waals surface area contributed by atoms with Crippen LogP contribution in [0.4, 0.5) is 0 Å². The zero-order chi connectivity index (χ0) is 13.4. The molecule has 1 aromatic rings. The predicted molar refractivity (Wildman–Crippen MR) is 62.2 cm³/mol. The van der Waals surface area contributed by atoms with Crippen LogP contribution in [-0.2, 0) is 14.3 Å². The molecular formula is C12H12N2O4. The fraction of sp³-hybridized carbons (Fsp3) is 0.250. The van der Waals surface area contributed by atoms with Crippen molar-refractivity contribution in [3.63, 3.8) is 0 Å². The number of carbonyl (C=O) groups is 2. The Hall–Kier alpha value is -2.46. The molecule has 0 saturated heterocycles. The maximum atomic E-state index is 11.5. The smallest absolute Gasteiger partial charge is 0.445 e. The Labute approximate surface area is 104 Å². The molecule has 0 aliphatic heterocycles. The standard InChI is InChI=1S/C12H12N2O4/c1-2-17-12(16)11(14-13)10(15)8-18-9-6-4-3-5-7-9/h3-7H,2,8H2,1H3. The minimum Gasteiger partial charge on any atom is -0.485 e. The van der Waals surface area contributed by atoms with Crippen molar-refractivity contribution in [1.29, 1.82) is 0 Å². The molecule has 0 atom stereocenters. The molecule has 0 aliphatic carbocycles. The number of nitrogens with zero attached hydrogens (tertiary/aromatic N) is 2. The summed E-state index contributed by atoms with van der Waals surface area (Å²) in [5, 5.41) is 0. The summed E-state index contributed by atoms with van der Waals surface area (Å²) in [7, 11) is 0. The summed E-state index contributed by atoms with van der Waals surface area (Å²) >= 11 is 0. The van der Waals surface area contributed by atoms with Gasteiger partial charge < -0.3 is 15.0 Å². The van der Waals surface area contributed by atoms with Crippen LogP contribution in [0.1, 0.15) is 6.92 Å². The molecule has 1 rings (SSSR count). The molecule has 6 heteroatoms. The minimum absolute atomic E-state index is 0.0880. The molecule has 0 fully saturated rings. The second kappa shape index (κ2) is 6.98. The lowest BCUT2D eigenvalue weighted by Gasteiger charge is -2.02. The summed E-state index contributed by atoms with van der Waals surface area (Å²) in [6.07, 6.45) is 0. The van der Waals surface area contributed by atoms with Gasteiger partial charge in [-0.2, -0.15) is 4.79 Å². The van der Waals surface area contributed by atoms with E-state index in [4.69, 9.17) is 10.3 Å². The SMILES string of the molecule is CCOC(=O)C(=[N+]=[N-])C(=O)COc1ccccc1. The second-order valence-electron chi connectivity index (χ2n) is 3.19. The Kier molecular flexibility index (Phi) is 5.28. The van der Waals surface area contributed by atoms with Crippen LogP contribution < -0.4 is 4.74 Å². The summed E-state index contributed by atoms with van der Waals surface area (Å²) in [5.74, 6) is -1.24. The first-order valence-electron chi connectivity index (χ1n) is 5.29. The van der Waals surface area contributed by atoms with E-state index >= 15 is 0 Å². The van der Waals surface area contributed by atoms with Gasteiger partial charge in [0.05, 0.1) is 6.61 Å². The molecule has 18 heavy (non-hydrogen) atoms. The average molecular weight is 248 g/mol. The maximum Gasteiger partial charge on any atom is 0.445 e. The average Bonchev–Trinajstić information content (AvgIpc) is 2.39. The van der Waals surface area contributed by atoms with Gasteiger partial charge in [-0.3, -0.25) is 4.79 Å². The number of rotatable bonds is 6.